The van der Waals surface area contributed by atoms with E-state index in [0.717, 1.165) is 63.0 Å². The number of anilines is 1. The molecule has 2 fully saturated rings. The molecule has 1 N–H and O–H groups in total. The van der Waals surface area contributed by atoms with Crippen molar-refractivity contribution in [2.24, 2.45) is 11.8 Å². The molecule has 3 heterocycles. The van der Waals surface area contributed by atoms with Crippen molar-refractivity contribution < 1.29 is 22.3 Å². The van der Waals surface area contributed by atoms with E-state index in [9.17, 15) is 8.78 Å². The maximum atomic E-state index is 16.2. The summed E-state index contributed by atoms with van der Waals surface area (Å²) in [6, 6.07) is 16.8. The monoisotopic (exact) mass is 623 g/mol. The van der Waals surface area contributed by atoms with Crippen molar-refractivity contribution in [1.29, 1.82) is 0 Å². The molecule has 0 aliphatic carbocycles. The van der Waals surface area contributed by atoms with E-state index in [1.165, 1.54) is 25.0 Å². The summed E-state index contributed by atoms with van der Waals surface area (Å²) in [4.78, 5) is 3.68. The largest absolute Gasteiger partial charge is 0.489 e. The third-order valence-corrected chi connectivity index (χ3v) is 10.2. The average molecular weight is 624 g/mol. The number of nitrogens with zero attached hydrogens (tertiary/aromatic N) is 2. The van der Waals surface area contributed by atoms with Crippen LogP contribution in [0.5, 0.6) is 5.75 Å². The van der Waals surface area contributed by atoms with Crippen LogP contribution in [0.3, 0.4) is 0 Å². The minimum absolute atomic E-state index is 0.162. The van der Waals surface area contributed by atoms with Crippen LogP contribution in [-0.2, 0) is 13.0 Å². The zero-order valence-corrected chi connectivity index (χ0v) is 26.2. The number of alkyl halides is 2. The molecule has 0 aromatic heterocycles. The van der Waals surface area contributed by atoms with Gasteiger partial charge >= 0.3 is 0 Å². The molecule has 2 saturated heterocycles. The van der Waals surface area contributed by atoms with Gasteiger partial charge in [0.2, 0.25) is 0 Å². The van der Waals surface area contributed by atoms with Gasteiger partial charge in [0.25, 0.3) is 6.43 Å². The van der Waals surface area contributed by atoms with Gasteiger partial charge in [0.1, 0.15) is 24.0 Å². The lowest BCUT2D eigenvalue weighted by molar-refractivity contribution is 0.0444. The van der Waals surface area contributed by atoms with E-state index >= 15 is 8.78 Å². The summed E-state index contributed by atoms with van der Waals surface area (Å²) >= 11 is 0. The van der Waals surface area contributed by atoms with Crippen LogP contribution in [0.1, 0.15) is 73.7 Å². The third-order valence-electron chi connectivity index (χ3n) is 10.2. The highest BCUT2D eigenvalue weighted by Gasteiger charge is 2.38. The molecule has 45 heavy (non-hydrogen) atoms. The van der Waals surface area contributed by atoms with E-state index in [4.69, 9.17) is 4.74 Å². The molecule has 3 aliphatic rings. The number of hydrogen-bond donors (Lipinski definition) is 1. The lowest BCUT2D eigenvalue weighted by atomic mass is 9.82. The van der Waals surface area contributed by atoms with Crippen LogP contribution in [0.4, 0.5) is 23.2 Å². The summed E-state index contributed by atoms with van der Waals surface area (Å²) in [6.45, 7) is 5.30. The maximum absolute atomic E-state index is 16.2. The van der Waals surface area contributed by atoms with Gasteiger partial charge in [-0.05, 0) is 118 Å². The number of nitrogens with one attached hydrogen (secondary N) is 1. The molecule has 0 spiro atoms. The topological polar surface area (TPSA) is 27.7 Å². The molecule has 8 heteroatoms. The van der Waals surface area contributed by atoms with Gasteiger partial charge in [-0.15, -0.1) is 0 Å². The molecule has 0 radical (unpaired) electrons. The fourth-order valence-electron chi connectivity index (χ4n) is 7.85. The molecular formula is C37H45F4N3O. The van der Waals surface area contributed by atoms with Gasteiger partial charge in [-0.1, -0.05) is 36.4 Å². The Balaban J connectivity index is 1.27. The highest BCUT2D eigenvalue weighted by Crippen LogP contribution is 2.43. The summed E-state index contributed by atoms with van der Waals surface area (Å²) < 4.78 is 66.2. The van der Waals surface area contributed by atoms with Crippen molar-refractivity contribution in [3.05, 3.63) is 94.6 Å². The summed E-state index contributed by atoms with van der Waals surface area (Å²) in [5.41, 5.74) is 2.90. The SMILES string of the molecule is C[C@@H]1Cc2cc(OCc3ccccc3)ccc2C(c2c(F)cc(N3CCC4CCCNCCCC4CC3)cc2F)N1CC(F)F. The summed E-state index contributed by atoms with van der Waals surface area (Å²) in [5, 5.41) is 3.52. The van der Waals surface area contributed by atoms with Crippen molar-refractivity contribution in [1.82, 2.24) is 10.2 Å². The van der Waals surface area contributed by atoms with Crippen molar-refractivity contribution in [3.8, 4) is 5.75 Å². The van der Waals surface area contributed by atoms with E-state index in [-0.39, 0.29) is 11.6 Å². The summed E-state index contributed by atoms with van der Waals surface area (Å²) in [5.74, 6) is 0.539. The lowest BCUT2D eigenvalue weighted by Gasteiger charge is -2.42. The van der Waals surface area contributed by atoms with Crippen molar-refractivity contribution in [2.45, 2.75) is 77.0 Å². The minimum Gasteiger partial charge on any atom is -0.489 e. The zero-order chi connectivity index (χ0) is 31.3. The van der Waals surface area contributed by atoms with Gasteiger partial charge in [0, 0.05) is 30.4 Å². The maximum Gasteiger partial charge on any atom is 0.251 e. The van der Waals surface area contributed by atoms with Crippen molar-refractivity contribution >= 4 is 5.69 Å². The second-order valence-electron chi connectivity index (χ2n) is 13.1. The molecule has 4 nitrogen and oxygen atoms in total. The summed E-state index contributed by atoms with van der Waals surface area (Å²) in [6.07, 6.45) is 4.57. The van der Waals surface area contributed by atoms with E-state index in [0.29, 0.717) is 41.9 Å². The first-order chi connectivity index (χ1) is 21.9. The van der Waals surface area contributed by atoms with Gasteiger partial charge < -0.3 is 15.0 Å². The Labute approximate surface area is 264 Å². The number of fused-ring (bicyclic) bond motifs is 2. The first kappa shape index (κ1) is 31.9. The highest BCUT2D eigenvalue weighted by atomic mass is 19.3. The van der Waals surface area contributed by atoms with Gasteiger partial charge in [-0.3, -0.25) is 4.90 Å². The van der Waals surface area contributed by atoms with E-state index < -0.39 is 30.6 Å². The zero-order valence-electron chi connectivity index (χ0n) is 26.2. The first-order valence-corrected chi connectivity index (χ1v) is 16.7. The highest BCUT2D eigenvalue weighted by molar-refractivity contribution is 5.52. The number of rotatable bonds is 7. The van der Waals surface area contributed by atoms with Gasteiger partial charge in [-0.25, -0.2) is 17.6 Å². The standard InChI is InChI=1S/C37H45F4N3O/c1-25-19-29-20-31(45-24-26-7-3-2-4-8-26)11-12-32(29)37(44(25)23-35(40)41)36-33(38)21-30(22-34(36)39)43-17-13-27-9-5-15-42-16-6-10-28(27)14-18-43/h2-4,7-8,11-12,20-22,25,27-28,35,37,42H,5-6,9-10,13-19,23-24H2,1H3/t25-,27?,28?,37?/m1/s1. The molecular weight excluding hydrogens is 578 g/mol. The van der Waals surface area contributed by atoms with Crippen LogP contribution in [0, 0.1) is 23.5 Å². The predicted molar refractivity (Wildman–Crippen MR) is 171 cm³/mol. The third kappa shape index (κ3) is 7.49. The second kappa shape index (κ2) is 14.5. The smallest absolute Gasteiger partial charge is 0.251 e. The van der Waals surface area contributed by atoms with Crippen LogP contribution in [0.25, 0.3) is 0 Å². The van der Waals surface area contributed by atoms with E-state index in [2.05, 4.69) is 10.2 Å². The van der Waals surface area contributed by atoms with Crippen molar-refractivity contribution in [3.63, 3.8) is 0 Å². The van der Waals surface area contributed by atoms with Crippen LogP contribution < -0.4 is 15.0 Å². The molecule has 3 unspecified atom stereocenters. The second-order valence-corrected chi connectivity index (χ2v) is 13.1. The number of ether oxygens (including phenoxy) is 1. The predicted octanol–water partition coefficient (Wildman–Crippen LogP) is 8.14. The molecule has 242 valence electrons. The molecule has 3 aliphatic heterocycles. The summed E-state index contributed by atoms with van der Waals surface area (Å²) in [7, 11) is 0. The number of hydrogen-bond acceptors (Lipinski definition) is 4. The fourth-order valence-corrected chi connectivity index (χ4v) is 7.85. The lowest BCUT2D eigenvalue weighted by Crippen LogP contribution is -2.45. The van der Waals surface area contributed by atoms with Gasteiger partial charge in [-0.2, -0.15) is 0 Å². The normalized spacial score (nSPS) is 24.6. The van der Waals surface area contributed by atoms with Crippen LogP contribution in [-0.4, -0.2) is 50.1 Å². The molecule has 3 aromatic rings. The molecule has 0 bridgehead atoms. The van der Waals surface area contributed by atoms with Crippen molar-refractivity contribution in [2.75, 3.05) is 37.6 Å². The van der Waals surface area contributed by atoms with E-state index in [1.807, 2.05) is 43.3 Å². The molecule has 6 rings (SSSR count). The average Bonchev–Trinajstić information content (AvgIpc) is 3.15. The van der Waals surface area contributed by atoms with Crippen LogP contribution >= 0.6 is 0 Å². The van der Waals surface area contributed by atoms with E-state index in [1.54, 1.807) is 17.0 Å². The van der Waals surface area contributed by atoms with Crippen LogP contribution in [0.15, 0.2) is 60.7 Å². The molecule has 3 aromatic carbocycles. The quantitative estimate of drug-likeness (QED) is 0.269. The fraction of sp³-hybridized carbons (Fsp3) is 0.514. The van der Waals surface area contributed by atoms with Gasteiger partial charge in [0.05, 0.1) is 12.6 Å². The Morgan fingerprint density at radius 3 is 2.18 bits per heavy atom. The number of benzene rings is 3. The Hall–Kier alpha value is -3.10. The Kier molecular flexibility index (Phi) is 10.3. The first-order valence-electron chi connectivity index (χ1n) is 16.7. The molecule has 4 atom stereocenters. The molecule has 0 saturated carbocycles. The Morgan fingerprint density at radius 2 is 1.53 bits per heavy atom. The minimum atomic E-state index is -2.63. The Bertz CT molecular complexity index is 1380. The van der Waals surface area contributed by atoms with Gasteiger partial charge in [0.15, 0.2) is 0 Å². The number of halogens is 4. The molecule has 0 amide bonds. The Morgan fingerprint density at radius 1 is 0.867 bits per heavy atom. The van der Waals surface area contributed by atoms with Crippen LogP contribution in [0.2, 0.25) is 0 Å².